The highest BCUT2D eigenvalue weighted by atomic mass is 32.2. The van der Waals surface area contributed by atoms with Gasteiger partial charge in [0.05, 0.1) is 17.0 Å². The van der Waals surface area contributed by atoms with Crippen LogP contribution in [0, 0.1) is 30.0 Å². The number of benzene rings is 1. The van der Waals surface area contributed by atoms with Gasteiger partial charge in [-0.3, -0.25) is 9.59 Å². The summed E-state index contributed by atoms with van der Waals surface area (Å²) in [5.74, 6) is -3.39. The number of hydrogen-bond acceptors (Lipinski definition) is 7. The van der Waals surface area contributed by atoms with Crippen molar-refractivity contribution in [3.8, 4) is 6.07 Å². The van der Waals surface area contributed by atoms with Crippen LogP contribution in [0.1, 0.15) is 59.8 Å². The third kappa shape index (κ3) is 5.48. The van der Waals surface area contributed by atoms with E-state index in [0.717, 1.165) is 6.07 Å². The Morgan fingerprint density at radius 1 is 1.26 bits per heavy atom. The summed E-state index contributed by atoms with van der Waals surface area (Å²) in [4.78, 5) is 30.3. The largest absolute Gasteiger partial charge is 0.317 e. The number of sulfonamides is 1. The van der Waals surface area contributed by atoms with Crippen molar-refractivity contribution < 1.29 is 22.4 Å². The highest BCUT2D eigenvalue weighted by molar-refractivity contribution is 7.92. The van der Waals surface area contributed by atoms with Crippen LogP contribution in [0.3, 0.4) is 0 Å². The smallest absolute Gasteiger partial charge is 0.247 e. The summed E-state index contributed by atoms with van der Waals surface area (Å²) in [5, 5.41) is 12.9. The number of carbonyl (C=O) groups excluding carboxylic acids is 2. The molecule has 1 saturated heterocycles. The molecule has 1 amide bonds. The summed E-state index contributed by atoms with van der Waals surface area (Å²) >= 11 is 0. The van der Waals surface area contributed by atoms with Gasteiger partial charge in [-0.1, -0.05) is 25.1 Å². The Morgan fingerprint density at radius 2 is 1.94 bits per heavy atom. The fourth-order valence-electron chi connectivity index (χ4n) is 3.96. The van der Waals surface area contributed by atoms with Crippen LogP contribution in [-0.2, 0) is 20.6 Å². The fourth-order valence-corrected chi connectivity index (χ4v) is 5.54. The molecule has 0 atom stereocenters. The Bertz CT molecular complexity index is 1230. The van der Waals surface area contributed by atoms with E-state index in [2.05, 4.69) is 10.3 Å². The van der Waals surface area contributed by atoms with Gasteiger partial charge in [0.25, 0.3) is 0 Å². The summed E-state index contributed by atoms with van der Waals surface area (Å²) in [5.41, 5.74) is 0.125. The number of hydrogen-bond donors (Lipinski definition) is 1. The van der Waals surface area contributed by atoms with Gasteiger partial charge >= 0.3 is 0 Å². The van der Waals surface area contributed by atoms with Crippen molar-refractivity contribution in [1.82, 2.24) is 10.3 Å². The maximum absolute atomic E-state index is 14.3. The molecule has 1 aliphatic heterocycles. The van der Waals surface area contributed by atoms with E-state index in [9.17, 15) is 27.7 Å². The number of anilines is 1. The lowest BCUT2D eigenvalue weighted by Gasteiger charge is -2.29. The minimum Gasteiger partial charge on any atom is -0.317 e. The first-order chi connectivity index (χ1) is 16.2. The Hall–Kier alpha value is -3.16. The zero-order chi connectivity index (χ0) is 24.9. The second kappa shape index (κ2) is 10.8. The Balaban J connectivity index is 2.15. The van der Waals surface area contributed by atoms with Crippen LogP contribution in [0.4, 0.5) is 10.2 Å². The first-order valence-electron chi connectivity index (χ1n) is 11.2. The molecule has 0 bridgehead atoms. The monoisotopic (exact) mass is 486 g/mol. The third-order valence-corrected chi connectivity index (χ3v) is 7.33. The van der Waals surface area contributed by atoms with Crippen molar-refractivity contribution in [2.45, 2.75) is 45.3 Å². The van der Waals surface area contributed by atoms with Gasteiger partial charge in [-0.05, 0) is 51.4 Å². The van der Waals surface area contributed by atoms with Crippen LogP contribution < -0.4 is 9.62 Å². The molecule has 1 aromatic carbocycles. The summed E-state index contributed by atoms with van der Waals surface area (Å²) in [6.45, 7) is 4.46. The highest BCUT2D eigenvalue weighted by Gasteiger charge is 2.38. The molecule has 0 saturated carbocycles. The standard InChI is InChI=1S/C24H27FN4O4S/c1-3-6-22(30)20-13-19(14-26)23(28-16(20)2)29(24(31)17-9-11-27-12-10-17)34(32,33)15-18-7-4-5-8-21(18)25/h4-5,7-8,13,17,27H,3,6,9-12,15H2,1-2H3. The Labute approximate surface area is 198 Å². The van der Waals surface area contributed by atoms with Gasteiger partial charge in [-0.25, -0.2) is 17.8 Å². The van der Waals surface area contributed by atoms with Crippen LogP contribution in [-0.4, -0.2) is 38.2 Å². The first-order valence-corrected chi connectivity index (χ1v) is 12.8. The molecular weight excluding hydrogens is 459 g/mol. The minimum absolute atomic E-state index is 0.101. The van der Waals surface area contributed by atoms with E-state index < -0.39 is 33.4 Å². The Morgan fingerprint density at radius 3 is 2.56 bits per heavy atom. The van der Waals surface area contributed by atoms with Gasteiger partial charge in [0.1, 0.15) is 11.9 Å². The highest BCUT2D eigenvalue weighted by Crippen LogP contribution is 2.30. The van der Waals surface area contributed by atoms with Gasteiger partial charge < -0.3 is 5.32 Å². The maximum atomic E-state index is 14.3. The third-order valence-electron chi connectivity index (χ3n) is 5.75. The molecule has 0 unspecified atom stereocenters. The van der Waals surface area contributed by atoms with E-state index in [1.807, 2.05) is 13.0 Å². The van der Waals surface area contributed by atoms with Gasteiger partial charge in [-0.2, -0.15) is 9.57 Å². The van der Waals surface area contributed by atoms with Crippen molar-refractivity contribution in [1.29, 1.82) is 5.26 Å². The fraction of sp³-hybridized carbons (Fsp3) is 0.417. The lowest BCUT2D eigenvalue weighted by Crippen LogP contribution is -2.45. The predicted molar refractivity (Wildman–Crippen MR) is 125 cm³/mol. The summed E-state index contributed by atoms with van der Waals surface area (Å²) in [6, 6.07) is 8.59. The second-order valence-electron chi connectivity index (χ2n) is 8.25. The van der Waals surface area contributed by atoms with Gasteiger partial charge in [-0.15, -0.1) is 0 Å². The molecule has 10 heteroatoms. The normalized spacial score (nSPS) is 14.4. The summed E-state index contributed by atoms with van der Waals surface area (Å²) < 4.78 is 41.9. The molecule has 0 aliphatic carbocycles. The number of rotatable bonds is 8. The molecule has 1 aliphatic rings. The van der Waals surface area contributed by atoms with E-state index >= 15 is 0 Å². The summed E-state index contributed by atoms with van der Waals surface area (Å²) in [7, 11) is -4.47. The van der Waals surface area contributed by atoms with Crippen molar-refractivity contribution in [3.05, 3.63) is 58.5 Å². The van der Waals surface area contributed by atoms with Gasteiger partial charge in [0, 0.05) is 23.5 Å². The van der Waals surface area contributed by atoms with Crippen LogP contribution in [0.15, 0.2) is 30.3 Å². The van der Waals surface area contributed by atoms with E-state index in [0.29, 0.717) is 36.7 Å². The lowest BCUT2D eigenvalue weighted by molar-refractivity contribution is -0.121. The molecule has 3 rings (SSSR count). The molecule has 34 heavy (non-hydrogen) atoms. The molecule has 180 valence electrons. The number of nitrogens with one attached hydrogen (secondary N) is 1. The Kier molecular flexibility index (Phi) is 8.12. The van der Waals surface area contributed by atoms with Gasteiger partial charge in [0.2, 0.25) is 15.9 Å². The van der Waals surface area contributed by atoms with E-state index in [4.69, 9.17) is 0 Å². The number of amides is 1. The van der Waals surface area contributed by atoms with Crippen molar-refractivity contribution >= 4 is 27.5 Å². The molecule has 0 radical (unpaired) electrons. The number of aryl methyl sites for hydroxylation is 1. The second-order valence-corrected chi connectivity index (χ2v) is 10.1. The molecule has 0 spiro atoms. The van der Waals surface area contributed by atoms with Gasteiger partial charge in [0.15, 0.2) is 11.6 Å². The van der Waals surface area contributed by atoms with Crippen LogP contribution in [0.5, 0.6) is 0 Å². The lowest BCUT2D eigenvalue weighted by atomic mass is 9.97. The number of Topliss-reactive ketones (excluding diaryl/α,β-unsaturated/α-hetero) is 1. The number of pyridine rings is 1. The van der Waals surface area contributed by atoms with E-state index in [-0.39, 0.29) is 40.4 Å². The average Bonchev–Trinajstić information content (AvgIpc) is 2.81. The zero-order valence-corrected chi connectivity index (χ0v) is 20.0. The number of piperidine rings is 1. The molecule has 2 aromatic rings. The molecule has 2 heterocycles. The molecule has 1 aromatic heterocycles. The number of nitriles is 1. The number of halogens is 1. The topological polar surface area (TPSA) is 120 Å². The van der Waals surface area contributed by atoms with E-state index in [1.165, 1.54) is 31.2 Å². The first kappa shape index (κ1) is 25.5. The zero-order valence-electron chi connectivity index (χ0n) is 19.2. The van der Waals surface area contributed by atoms with Crippen LogP contribution in [0.25, 0.3) is 0 Å². The van der Waals surface area contributed by atoms with Crippen LogP contribution >= 0.6 is 0 Å². The molecule has 1 fully saturated rings. The van der Waals surface area contributed by atoms with Crippen molar-refractivity contribution in [2.75, 3.05) is 17.4 Å². The minimum atomic E-state index is -4.47. The molecule has 1 N–H and O–H groups in total. The average molecular weight is 487 g/mol. The van der Waals surface area contributed by atoms with E-state index in [1.54, 1.807) is 0 Å². The maximum Gasteiger partial charge on any atom is 0.247 e. The molecular formula is C24H27FN4O4S. The van der Waals surface area contributed by atoms with Crippen LogP contribution in [0.2, 0.25) is 0 Å². The predicted octanol–water partition coefficient (Wildman–Crippen LogP) is 3.25. The number of carbonyl (C=O) groups is 2. The SMILES string of the molecule is CCCC(=O)c1cc(C#N)c(N(C(=O)C2CCNCC2)S(=O)(=O)Cc2ccccc2F)nc1C. The number of aromatic nitrogens is 1. The summed E-state index contributed by atoms with van der Waals surface area (Å²) in [6.07, 6.45) is 1.67. The van der Waals surface area contributed by atoms with Crippen molar-refractivity contribution in [3.63, 3.8) is 0 Å². The van der Waals surface area contributed by atoms with Crippen molar-refractivity contribution in [2.24, 2.45) is 5.92 Å². The number of nitrogens with zero attached hydrogens (tertiary/aromatic N) is 3. The molecule has 8 nitrogen and oxygen atoms in total. The number of ketones is 1. The quantitative estimate of drug-likeness (QED) is 0.569.